The number of carbonyl (C=O) groups excluding carboxylic acids is 1. The topological polar surface area (TPSA) is 46.5 Å². The van der Waals surface area contributed by atoms with Crippen molar-refractivity contribution < 1.29 is 14.6 Å². The predicted octanol–water partition coefficient (Wildman–Crippen LogP) is 3.93. The Kier molecular flexibility index (Phi) is 5.21. The standard InChI is InChI=1S/C19H22O3/c1-13-9-17(20)10-14(2)18(13)11-15(3)19(21)22-12-16-7-5-4-6-8-16/h4-10,15,20H,11-12H2,1-3H3/t15-/m0/s1. The van der Waals surface area contributed by atoms with E-state index in [1.807, 2.05) is 51.1 Å². The third kappa shape index (κ3) is 4.10. The summed E-state index contributed by atoms with van der Waals surface area (Å²) in [7, 11) is 0. The van der Waals surface area contributed by atoms with Crippen molar-refractivity contribution in [3.05, 3.63) is 64.7 Å². The molecule has 3 heteroatoms. The second kappa shape index (κ2) is 7.12. The fraction of sp³-hybridized carbons (Fsp3) is 0.316. The summed E-state index contributed by atoms with van der Waals surface area (Å²) in [5.74, 6) is -0.153. The summed E-state index contributed by atoms with van der Waals surface area (Å²) in [5.41, 5.74) is 4.09. The van der Waals surface area contributed by atoms with Gasteiger partial charge in [-0.2, -0.15) is 0 Å². The maximum Gasteiger partial charge on any atom is 0.309 e. The van der Waals surface area contributed by atoms with Gasteiger partial charge in [0, 0.05) is 0 Å². The van der Waals surface area contributed by atoms with Crippen LogP contribution < -0.4 is 0 Å². The molecule has 0 fully saturated rings. The first-order valence-electron chi connectivity index (χ1n) is 7.47. The van der Waals surface area contributed by atoms with Gasteiger partial charge < -0.3 is 9.84 Å². The Morgan fingerprint density at radius 2 is 1.73 bits per heavy atom. The lowest BCUT2D eigenvalue weighted by atomic mass is 9.93. The van der Waals surface area contributed by atoms with Gasteiger partial charge in [0.05, 0.1) is 5.92 Å². The van der Waals surface area contributed by atoms with E-state index in [0.29, 0.717) is 13.0 Å². The molecule has 3 nitrogen and oxygen atoms in total. The highest BCUT2D eigenvalue weighted by molar-refractivity contribution is 5.72. The Labute approximate surface area is 131 Å². The Hall–Kier alpha value is -2.29. The molecule has 0 aliphatic heterocycles. The number of phenolic OH excluding ortho intramolecular Hbond substituents is 1. The predicted molar refractivity (Wildman–Crippen MR) is 86.7 cm³/mol. The maximum atomic E-state index is 12.1. The van der Waals surface area contributed by atoms with Gasteiger partial charge >= 0.3 is 5.97 Å². The molecule has 0 saturated heterocycles. The van der Waals surface area contributed by atoms with Crippen LogP contribution in [0, 0.1) is 19.8 Å². The molecule has 0 radical (unpaired) electrons. The van der Waals surface area contributed by atoms with Crippen molar-refractivity contribution in [1.82, 2.24) is 0 Å². The van der Waals surface area contributed by atoms with Crippen LogP contribution in [0.1, 0.15) is 29.2 Å². The first-order valence-corrected chi connectivity index (χ1v) is 7.47. The number of phenols is 1. The molecule has 2 rings (SSSR count). The minimum absolute atomic E-state index is 0.198. The molecule has 0 bridgehead atoms. The van der Waals surface area contributed by atoms with E-state index in [2.05, 4.69) is 0 Å². The average molecular weight is 298 g/mol. The molecule has 0 aromatic heterocycles. The summed E-state index contributed by atoms with van der Waals surface area (Å²) < 4.78 is 5.38. The largest absolute Gasteiger partial charge is 0.508 e. The van der Waals surface area contributed by atoms with E-state index in [1.54, 1.807) is 12.1 Å². The van der Waals surface area contributed by atoms with E-state index < -0.39 is 0 Å². The van der Waals surface area contributed by atoms with Gasteiger partial charge in [-0.15, -0.1) is 0 Å². The highest BCUT2D eigenvalue weighted by atomic mass is 16.5. The minimum atomic E-state index is -0.217. The number of rotatable bonds is 5. The molecule has 22 heavy (non-hydrogen) atoms. The van der Waals surface area contributed by atoms with Crippen LogP contribution in [0.15, 0.2) is 42.5 Å². The molecule has 0 saturated carbocycles. The van der Waals surface area contributed by atoms with Gasteiger partial charge in [0.25, 0.3) is 0 Å². The van der Waals surface area contributed by atoms with Crippen molar-refractivity contribution in [2.75, 3.05) is 0 Å². The lowest BCUT2D eigenvalue weighted by Crippen LogP contribution is -2.18. The number of hydrogen-bond donors (Lipinski definition) is 1. The van der Waals surface area contributed by atoms with Crippen molar-refractivity contribution >= 4 is 5.97 Å². The quantitative estimate of drug-likeness (QED) is 0.851. The summed E-state index contributed by atoms with van der Waals surface area (Å²) in [6, 6.07) is 13.1. The van der Waals surface area contributed by atoms with E-state index >= 15 is 0 Å². The summed E-state index contributed by atoms with van der Waals surface area (Å²) in [6.45, 7) is 6.07. The van der Waals surface area contributed by atoms with Crippen molar-refractivity contribution in [2.45, 2.75) is 33.8 Å². The van der Waals surface area contributed by atoms with Crippen molar-refractivity contribution in [3.8, 4) is 5.75 Å². The number of aromatic hydroxyl groups is 1. The minimum Gasteiger partial charge on any atom is -0.508 e. The van der Waals surface area contributed by atoms with Crippen LogP contribution >= 0.6 is 0 Å². The third-order valence-electron chi connectivity index (χ3n) is 3.82. The molecule has 0 aliphatic carbocycles. The smallest absolute Gasteiger partial charge is 0.309 e. The number of benzene rings is 2. The molecule has 2 aromatic rings. The number of hydrogen-bond acceptors (Lipinski definition) is 3. The van der Waals surface area contributed by atoms with Gasteiger partial charge in [0.15, 0.2) is 0 Å². The molecule has 1 atom stereocenters. The summed E-state index contributed by atoms with van der Waals surface area (Å²) in [6.07, 6.45) is 0.617. The number of carbonyl (C=O) groups is 1. The molecule has 2 aromatic carbocycles. The van der Waals surface area contributed by atoms with E-state index in [1.165, 1.54) is 0 Å². The Bertz CT molecular complexity index is 624. The fourth-order valence-electron chi connectivity index (χ4n) is 2.55. The monoisotopic (exact) mass is 298 g/mol. The van der Waals surface area contributed by atoms with Crippen LogP contribution in [-0.2, 0) is 22.6 Å². The zero-order chi connectivity index (χ0) is 16.1. The highest BCUT2D eigenvalue weighted by Crippen LogP contribution is 2.23. The normalized spacial score (nSPS) is 12.0. The highest BCUT2D eigenvalue weighted by Gasteiger charge is 2.17. The van der Waals surface area contributed by atoms with Gasteiger partial charge in [0.2, 0.25) is 0 Å². The number of aryl methyl sites for hydroxylation is 2. The summed E-state index contributed by atoms with van der Waals surface area (Å²) in [4.78, 5) is 12.1. The number of esters is 1. The van der Waals surface area contributed by atoms with E-state index in [-0.39, 0.29) is 17.6 Å². The van der Waals surface area contributed by atoms with Gasteiger partial charge in [-0.3, -0.25) is 4.79 Å². The van der Waals surface area contributed by atoms with Gasteiger partial charge in [-0.05, 0) is 54.7 Å². The van der Waals surface area contributed by atoms with Crippen LogP contribution in [-0.4, -0.2) is 11.1 Å². The van der Waals surface area contributed by atoms with Gasteiger partial charge in [0.1, 0.15) is 12.4 Å². The Morgan fingerprint density at radius 3 is 2.32 bits per heavy atom. The Balaban J connectivity index is 1.97. The average Bonchev–Trinajstić information content (AvgIpc) is 2.49. The van der Waals surface area contributed by atoms with Crippen LogP contribution in [0.4, 0.5) is 0 Å². The molecule has 116 valence electrons. The molecular weight excluding hydrogens is 276 g/mol. The van der Waals surface area contributed by atoms with Crippen LogP contribution in [0.2, 0.25) is 0 Å². The molecule has 0 unspecified atom stereocenters. The first kappa shape index (κ1) is 16.1. The first-order chi connectivity index (χ1) is 10.5. The van der Waals surface area contributed by atoms with Crippen LogP contribution in [0.5, 0.6) is 5.75 Å². The molecular formula is C19H22O3. The van der Waals surface area contributed by atoms with Crippen LogP contribution in [0.25, 0.3) is 0 Å². The van der Waals surface area contributed by atoms with Crippen LogP contribution in [0.3, 0.4) is 0 Å². The maximum absolute atomic E-state index is 12.1. The SMILES string of the molecule is Cc1cc(O)cc(C)c1C[C@H](C)C(=O)OCc1ccccc1. The van der Waals surface area contributed by atoms with E-state index in [0.717, 1.165) is 22.3 Å². The van der Waals surface area contributed by atoms with Gasteiger partial charge in [-0.25, -0.2) is 0 Å². The molecule has 0 spiro atoms. The third-order valence-corrected chi connectivity index (χ3v) is 3.82. The second-order valence-electron chi connectivity index (χ2n) is 5.76. The van der Waals surface area contributed by atoms with Crippen molar-refractivity contribution in [3.63, 3.8) is 0 Å². The van der Waals surface area contributed by atoms with E-state index in [9.17, 15) is 9.90 Å². The summed E-state index contributed by atoms with van der Waals surface area (Å²) in [5, 5.41) is 9.58. The second-order valence-corrected chi connectivity index (χ2v) is 5.76. The fourth-order valence-corrected chi connectivity index (χ4v) is 2.55. The zero-order valence-electron chi connectivity index (χ0n) is 13.3. The molecule has 0 amide bonds. The van der Waals surface area contributed by atoms with Gasteiger partial charge in [-0.1, -0.05) is 37.3 Å². The Morgan fingerprint density at radius 1 is 1.14 bits per heavy atom. The summed E-state index contributed by atoms with van der Waals surface area (Å²) >= 11 is 0. The lowest BCUT2D eigenvalue weighted by molar-refractivity contribution is -0.149. The molecule has 0 aliphatic rings. The lowest BCUT2D eigenvalue weighted by Gasteiger charge is -2.15. The molecule has 0 heterocycles. The van der Waals surface area contributed by atoms with Crippen molar-refractivity contribution in [2.24, 2.45) is 5.92 Å². The van der Waals surface area contributed by atoms with E-state index in [4.69, 9.17) is 4.74 Å². The zero-order valence-corrected chi connectivity index (χ0v) is 13.3. The number of ether oxygens (including phenoxy) is 1. The molecule has 1 N–H and O–H groups in total. The van der Waals surface area contributed by atoms with Crippen molar-refractivity contribution in [1.29, 1.82) is 0 Å².